The number of anilines is 1. The standard InChI is InChI=1S/C22H28N4OS/c1-5-17-8-6-7-14(2)21(17)23-22(28)25-24-20(27)12-9-18-13-15(3)26(16(18)4)19-10-11-19/h6-9,12-13,19H,5,10-11H2,1-4H3,(H,24,27)(H2,23,25,28)/b12-9+. The molecule has 3 rings (SSSR count). The van der Waals surface area contributed by atoms with Gasteiger partial charge in [0.25, 0.3) is 5.91 Å². The summed E-state index contributed by atoms with van der Waals surface area (Å²) in [5.41, 5.74) is 12.2. The molecule has 6 heteroatoms. The van der Waals surface area contributed by atoms with Gasteiger partial charge in [-0.05, 0) is 81.1 Å². The number of hydrazine groups is 1. The molecule has 28 heavy (non-hydrogen) atoms. The molecule has 1 amide bonds. The Labute approximate surface area is 172 Å². The van der Waals surface area contributed by atoms with Crippen molar-refractivity contribution in [1.82, 2.24) is 15.4 Å². The van der Waals surface area contributed by atoms with E-state index in [4.69, 9.17) is 12.2 Å². The van der Waals surface area contributed by atoms with Crippen molar-refractivity contribution in [2.45, 2.75) is 53.0 Å². The van der Waals surface area contributed by atoms with Gasteiger partial charge in [0.1, 0.15) is 0 Å². The van der Waals surface area contributed by atoms with E-state index in [1.807, 2.05) is 25.1 Å². The summed E-state index contributed by atoms with van der Waals surface area (Å²) < 4.78 is 2.36. The van der Waals surface area contributed by atoms with E-state index in [9.17, 15) is 4.79 Å². The van der Waals surface area contributed by atoms with Crippen LogP contribution in [0, 0.1) is 20.8 Å². The molecule has 0 radical (unpaired) electrons. The fraction of sp³-hybridized carbons (Fsp3) is 0.364. The van der Waals surface area contributed by atoms with Crippen LogP contribution in [0.1, 0.15) is 53.9 Å². The molecule has 148 valence electrons. The van der Waals surface area contributed by atoms with E-state index >= 15 is 0 Å². The predicted octanol–water partition coefficient (Wildman–Crippen LogP) is 4.34. The highest BCUT2D eigenvalue weighted by molar-refractivity contribution is 7.80. The Bertz CT molecular complexity index is 925. The van der Waals surface area contributed by atoms with Gasteiger partial charge in [0.05, 0.1) is 0 Å². The fourth-order valence-corrected chi connectivity index (χ4v) is 3.69. The lowest BCUT2D eigenvalue weighted by Crippen LogP contribution is -2.43. The van der Waals surface area contributed by atoms with Gasteiger partial charge in [0.2, 0.25) is 0 Å². The number of hydrogen-bond donors (Lipinski definition) is 3. The van der Waals surface area contributed by atoms with Crippen molar-refractivity contribution in [2.75, 3.05) is 5.32 Å². The molecule has 3 N–H and O–H groups in total. The number of hydrogen-bond acceptors (Lipinski definition) is 2. The molecule has 1 fully saturated rings. The third kappa shape index (κ3) is 4.62. The second kappa shape index (κ2) is 8.61. The van der Waals surface area contributed by atoms with Crippen LogP contribution >= 0.6 is 12.2 Å². The molecule has 0 aliphatic heterocycles. The monoisotopic (exact) mass is 396 g/mol. The maximum absolute atomic E-state index is 12.2. The molecule has 1 aliphatic rings. The van der Waals surface area contributed by atoms with E-state index in [1.54, 1.807) is 0 Å². The first-order valence-electron chi connectivity index (χ1n) is 9.72. The van der Waals surface area contributed by atoms with Crippen molar-refractivity contribution >= 4 is 35.0 Å². The summed E-state index contributed by atoms with van der Waals surface area (Å²) in [5.74, 6) is -0.249. The number of carbonyl (C=O) groups is 1. The first-order chi connectivity index (χ1) is 13.4. The summed E-state index contributed by atoms with van der Waals surface area (Å²) in [5, 5.41) is 3.54. The van der Waals surface area contributed by atoms with Crippen LogP contribution in [0.25, 0.3) is 6.08 Å². The second-order valence-electron chi connectivity index (χ2n) is 7.29. The molecular formula is C22H28N4OS. The van der Waals surface area contributed by atoms with Crippen LogP contribution in [-0.2, 0) is 11.2 Å². The molecule has 1 heterocycles. The summed E-state index contributed by atoms with van der Waals surface area (Å²) >= 11 is 5.31. The Kier molecular flexibility index (Phi) is 6.19. The smallest absolute Gasteiger partial charge is 0.262 e. The van der Waals surface area contributed by atoms with E-state index in [0.29, 0.717) is 11.2 Å². The van der Waals surface area contributed by atoms with Gasteiger partial charge in [-0.1, -0.05) is 25.1 Å². The third-order valence-corrected chi connectivity index (χ3v) is 5.33. The molecule has 1 saturated carbocycles. The van der Waals surface area contributed by atoms with Gasteiger partial charge in [-0.25, -0.2) is 0 Å². The average Bonchev–Trinajstić information content (AvgIpc) is 3.45. The second-order valence-corrected chi connectivity index (χ2v) is 7.70. The summed E-state index contributed by atoms with van der Waals surface area (Å²) in [6, 6.07) is 8.89. The van der Waals surface area contributed by atoms with Gasteiger partial charge < -0.3 is 9.88 Å². The molecule has 0 unspecified atom stereocenters. The van der Waals surface area contributed by atoms with E-state index in [1.165, 1.54) is 35.9 Å². The molecule has 2 aromatic rings. The first kappa shape index (κ1) is 20.1. The molecule has 1 aromatic carbocycles. The first-order valence-corrected chi connectivity index (χ1v) is 10.1. The molecule has 0 saturated heterocycles. The number of thiocarbonyl (C=S) groups is 1. The van der Waals surface area contributed by atoms with Crippen LogP contribution in [0.3, 0.4) is 0 Å². The van der Waals surface area contributed by atoms with Crippen LogP contribution in [-0.4, -0.2) is 15.6 Å². The maximum atomic E-state index is 12.2. The van der Waals surface area contributed by atoms with Crippen LogP contribution in [0.4, 0.5) is 5.69 Å². The Morgan fingerprint density at radius 3 is 2.68 bits per heavy atom. The Morgan fingerprint density at radius 1 is 1.25 bits per heavy atom. The largest absolute Gasteiger partial charge is 0.346 e. The Balaban J connectivity index is 1.55. The number of nitrogens with zero attached hydrogens (tertiary/aromatic N) is 1. The summed E-state index contributed by atoms with van der Waals surface area (Å²) in [4.78, 5) is 12.2. The number of carbonyl (C=O) groups excluding carboxylic acids is 1. The van der Waals surface area contributed by atoms with E-state index in [2.05, 4.69) is 53.6 Å². The minimum absolute atomic E-state index is 0.249. The molecule has 1 aromatic heterocycles. The van der Waals surface area contributed by atoms with Crippen LogP contribution in [0.5, 0.6) is 0 Å². The molecule has 0 bridgehead atoms. The maximum Gasteiger partial charge on any atom is 0.262 e. The zero-order chi connectivity index (χ0) is 20.3. The SMILES string of the molecule is CCc1cccc(C)c1NC(=S)NNC(=O)/C=C/c1cc(C)n(C2CC2)c1C. The number of aryl methyl sites for hydroxylation is 3. The fourth-order valence-electron chi connectivity index (χ4n) is 3.54. The van der Waals surface area contributed by atoms with E-state index < -0.39 is 0 Å². The molecule has 0 spiro atoms. The number of aromatic nitrogens is 1. The normalized spacial score (nSPS) is 13.6. The number of rotatable bonds is 5. The summed E-state index contributed by atoms with van der Waals surface area (Å²) in [6.07, 6.45) is 6.77. The van der Waals surface area contributed by atoms with Crippen molar-refractivity contribution < 1.29 is 4.79 Å². The highest BCUT2D eigenvalue weighted by Crippen LogP contribution is 2.38. The summed E-state index contributed by atoms with van der Waals surface area (Å²) in [6.45, 7) is 8.35. The van der Waals surface area contributed by atoms with Crippen molar-refractivity contribution in [2.24, 2.45) is 0 Å². The predicted molar refractivity (Wildman–Crippen MR) is 119 cm³/mol. The van der Waals surface area contributed by atoms with Crippen molar-refractivity contribution in [3.8, 4) is 0 Å². The van der Waals surface area contributed by atoms with Crippen LogP contribution < -0.4 is 16.2 Å². The van der Waals surface area contributed by atoms with Crippen molar-refractivity contribution in [1.29, 1.82) is 0 Å². The van der Waals surface area contributed by atoms with Gasteiger partial charge in [0.15, 0.2) is 5.11 Å². The quantitative estimate of drug-likeness (QED) is 0.400. The molecular weight excluding hydrogens is 368 g/mol. The van der Waals surface area contributed by atoms with Gasteiger partial charge in [-0.2, -0.15) is 0 Å². The lowest BCUT2D eigenvalue weighted by Gasteiger charge is -2.15. The third-order valence-electron chi connectivity index (χ3n) is 5.13. The molecule has 0 atom stereocenters. The highest BCUT2D eigenvalue weighted by atomic mass is 32.1. The van der Waals surface area contributed by atoms with Crippen LogP contribution in [0.2, 0.25) is 0 Å². The van der Waals surface area contributed by atoms with E-state index in [0.717, 1.165) is 23.2 Å². The lowest BCUT2D eigenvalue weighted by molar-refractivity contribution is -0.116. The Morgan fingerprint density at radius 2 is 2.00 bits per heavy atom. The summed E-state index contributed by atoms with van der Waals surface area (Å²) in [7, 11) is 0. The number of benzene rings is 1. The number of para-hydroxylation sites is 1. The highest BCUT2D eigenvalue weighted by Gasteiger charge is 2.26. The molecule has 5 nitrogen and oxygen atoms in total. The minimum atomic E-state index is -0.249. The average molecular weight is 397 g/mol. The van der Waals surface area contributed by atoms with Crippen LogP contribution in [0.15, 0.2) is 30.3 Å². The van der Waals surface area contributed by atoms with Crippen molar-refractivity contribution in [3.63, 3.8) is 0 Å². The lowest BCUT2D eigenvalue weighted by atomic mass is 10.1. The minimum Gasteiger partial charge on any atom is -0.346 e. The van der Waals surface area contributed by atoms with Gasteiger partial charge in [0, 0.05) is 29.2 Å². The van der Waals surface area contributed by atoms with E-state index in [-0.39, 0.29) is 5.91 Å². The van der Waals surface area contributed by atoms with Gasteiger partial charge >= 0.3 is 0 Å². The van der Waals surface area contributed by atoms with Gasteiger partial charge in [-0.3, -0.25) is 15.6 Å². The van der Waals surface area contributed by atoms with Crippen molar-refractivity contribution in [3.05, 3.63) is 58.4 Å². The Hall–Kier alpha value is -2.60. The zero-order valence-corrected chi connectivity index (χ0v) is 17.7. The van der Waals surface area contributed by atoms with Gasteiger partial charge in [-0.15, -0.1) is 0 Å². The molecule has 1 aliphatic carbocycles. The zero-order valence-electron chi connectivity index (χ0n) is 16.9. The number of nitrogens with one attached hydrogen (secondary N) is 3. The number of amides is 1. The topological polar surface area (TPSA) is 58.1 Å².